The molecule has 4 heteroatoms. The summed E-state index contributed by atoms with van der Waals surface area (Å²) < 4.78 is 7.61. The van der Waals surface area contributed by atoms with Crippen molar-refractivity contribution in [3.63, 3.8) is 0 Å². The zero-order chi connectivity index (χ0) is 15.7. The van der Waals surface area contributed by atoms with Crippen LogP contribution >= 0.6 is 0 Å². The first-order valence-electron chi connectivity index (χ1n) is 7.44. The van der Waals surface area contributed by atoms with Gasteiger partial charge in [0.1, 0.15) is 11.4 Å². The van der Waals surface area contributed by atoms with Crippen LogP contribution in [0.25, 0.3) is 16.9 Å². The van der Waals surface area contributed by atoms with Crippen molar-refractivity contribution in [2.24, 2.45) is 0 Å². The maximum absolute atomic E-state index is 9.75. The second-order valence-electron chi connectivity index (χ2n) is 5.69. The Morgan fingerprint density at radius 1 is 1.14 bits per heavy atom. The second kappa shape index (κ2) is 5.81. The third-order valence-electron chi connectivity index (χ3n) is 3.51. The van der Waals surface area contributed by atoms with Crippen LogP contribution in [0, 0.1) is 6.92 Å². The minimum absolute atomic E-state index is 0.0514. The smallest absolute Gasteiger partial charge is 0.137 e. The van der Waals surface area contributed by atoms with Gasteiger partial charge in [-0.1, -0.05) is 6.07 Å². The van der Waals surface area contributed by atoms with Gasteiger partial charge in [0.05, 0.1) is 24.1 Å². The minimum Gasteiger partial charge on any atom is -0.491 e. The highest BCUT2D eigenvalue weighted by molar-refractivity contribution is 5.67. The number of nitrogens with zero attached hydrogens (tertiary/aromatic N) is 2. The van der Waals surface area contributed by atoms with E-state index in [4.69, 9.17) is 4.74 Å². The molecule has 0 amide bonds. The summed E-state index contributed by atoms with van der Waals surface area (Å²) in [5, 5.41) is 9.75. The number of aromatic nitrogens is 2. The van der Waals surface area contributed by atoms with Gasteiger partial charge in [-0.15, -0.1) is 0 Å². The molecule has 0 fully saturated rings. The fraction of sp³-hybridized carbons (Fsp3) is 0.278. The molecule has 3 rings (SSSR count). The van der Waals surface area contributed by atoms with Crippen LogP contribution in [-0.4, -0.2) is 20.6 Å². The number of hydrogen-bond acceptors (Lipinski definition) is 3. The molecule has 4 nitrogen and oxygen atoms in total. The van der Waals surface area contributed by atoms with E-state index in [2.05, 4.69) is 4.98 Å². The number of fused-ring (bicyclic) bond motifs is 1. The van der Waals surface area contributed by atoms with E-state index in [-0.39, 0.29) is 12.7 Å². The lowest BCUT2D eigenvalue weighted by atomic mass is 10.1. The van der Waals surface area contributed by atoms with Crippen LogP contribution in [0.5, 0.6) is 5.75 Å². The molecule has 0 spiro atoms. The molecular weight excluding hydrogens is 276 g/mol. The SMILES string of the molecule is Cc1ccc2nc(-c3ccc(OC(C)C)cc3)c(CO)n2c1. The number of benzene rings is 1. The molecule has 0 radical (unpaired) electrons. The highest BCUT2D eigenvalue weighted by Crippen LogP contribution is 2.27. The molecule has 1 N–H and O–H groups in total. The summed E-state index contributed by atoms with van der Waals surface area (Å²) in [6.07, 6.45) is 2.14. The first-order chi connectivity index (χ1) is 10.6. The van der Waals surface area contributed by atoms with Crippen LogP contribution in [0.15, 0.2) is 42.6 Å². The topological polar surface area (TPSA) is 46.8 Å². The number of ether oxygens (including phenoxy) is 1. The number of aliphatic hydroxyl groups excluding tert-OH is 1. The normalized spacial score (nSPS) is 11.3. The monoisotopic (exact) mass is 296 g/mol. The van der Waals surface area contributed by atoms with E-state index < -0.39 is 0 Å². The molecule has 0 aliphatic carbocycles. The van der Waals surface area contributed by atoms with E-state index in [0.29, 0.717) is 0 Å². The number of aryl methyl sites for hydroxylation is 1. The fourth-order valence-corrected chi connectivity index (χ4v) is 2.55. The first-order valence-corrected chi connectivity index (χ1v) is 7.44. The molecule has 1 aromatic carbocycles. The molecule has 22 heavy (non-hydrogen) atoms. The molecular formula is C18H20N2O2. The predicted molar refractivity (Wildman–Crippen MR) is 87.1 cm³/mol. The third kappa shape index (κ3) is 2.70. The summed E-state index contributed by atoms with van der Waals surface area (Å²) in [5.41, 5.74) is 4.56. The number of rotatable bonds is 4. The molecule has 0 unspecified atom stereocenters. The highest BCUT2D eigenvalue weighted by atomic mass is 16.5. The van der Waals surface area contributed by atoms with Crippen molar-refractivity contribution in [2.75, 3.05) is 0 Å². The summed E-state index contributed by atoms with van der Waals surface area (Å²) in [6, 6.07) is 11.8. The van der Waals surface area contributed by atoms with Crippen molar-refractivity contribution in [2.45, 2.75) is 33.5 Å². The number of imidazole rings is 1. The minimum atomic E-state index is -0.0514. The maximum atomic E-state index is 9.75. The van der Waals surface area contributed by atoms with Gasteiger partial charge in [-0.25, -0.2) is 4.98 Å². The van der Waals surface area contributed by atoms with Gasteiger partial charge < -0.3 is 14.2 Å². The van der Waals surface area contributed by atoms with Gasteiger partial charge >= 0.3 is 0 Å². The van der Waals surface area contributed by atoms with Crippen LogP contribution in [-0.2, 0) is 6.61 Å². The summed E-state index contributed by atoms with van der Waals surface area (Å²) in [7, 11) is 0. The molecule has 0 bridgehead atoms. The van der Waals surface area contributed by atoms with Crippen LogP contribution in [0.1, 0.15) is 25.1 Å². The fourth-order valence-electron chi connectivity index (χ4n) is 2.55. The third-order valence-corrected chi connectivity index (χ3v) is 3.51. The molecule has 2 heterocycles. The van der Waals surface area contributed by atoms with E-state index in [1.807, 2.05) is 67.8 Å². The van der Waals surface area contributed by atoms with Crippen molar-refractivity contribution >= 4 is 5.65 Å². The first kappa shape index (κ1) is 14.6. The van der Waals surface area contributed by atoms with Gasteiger partial charge in [0.25, 0.3) is 0 Å². The number of pyridine rings is 1. The van der Waals surface area contributed by atoms with E-state index in [1.165, 1.54) is 0 Å². The van der Waals surface area contributed by atoms with Crippen molar-refractivity contribution < 1.29 is 9.84 Å². The predicted octanol–water partition coefficient (Wildman–Crippen LogP) is 3.59. The van der Waals surface area contributed by atoms with Gasteiger partial charge in [-0.05, 0) is 56.7 Å². The maximum Gasteiger partial charge on any atom is 0.137 e. The molecule has 0 aliphatic heterocycles. The van der Waals surface area contributed by atoms with Gasteiger partial charge in [0, 0.05) is 11.8 Å². The van der Waals surface area contributed by atoms with Crippen molar-refractivity contribution in [3.8, 4) is 17.0 Å². The summed E-state index contributed by atoms with van der Waals surface area (Å²) in [4.78, 5) is 4.65. The van der Waals surface area contributed by atoms with E-state index >= 15 is 0 Å². The lowest BCUT2D eigenvalue weighted by Gasteiger charge is -2.10. The summed E-state index contributed by atoms with van der Waals surface area (Å²) >= 11 is 0. The molecule has 3 aromatic rings. The molecule has 0 saturated carbocycles. The van der Waals surface area contributed by atoms with Crippen molar-refractivity contribution in [1.82, 2.24) is 9.38 Å². The summed E-state index contributed by atoms with van der Waals surface area (Å²) in [6.45, 7) is 5.98. The average Bonchev–Trinajstić information content (AvgIpc) is 2.85. The Morgan fingerprint density at radius 3 is 2.50 bits per heavy atom. The zero-order valence-electron chi connectivity index (χ0n) is 13.1. The van der Waals surface area contributed by atoms with E-state index in [1.54, 1.807) is 0 Å². The zero-order valence-corrected chi connectivity index (χ0v) is 13.1. The molecule has 114 valence electrons. The van der Waals surface area contributed by atoms with Crippen LogP contribution < -0.4 is 4.74 Å². The Bertz CT molecular complexity index is 789. The lowest BCUT2D eigenvalue weighted by Crippen LogP contribution is -2.05. The quantitative estimate of drug-likeness (QED) is 0.800. The van der Waals surface area contributed by atoms with Gasteiger partial charge in [-0.3, -0.25) is 0 Å². The van der Waals surface area contributed by atoms with Gasteiger partial charge in [0.2, 0.25) is 0 Å². The van der Waals surface area contributed by atoms with Crippen molar-refractivity contribution in [3.05, 3.63) is 53.9 Å². The van der Waals surface area contributed by atoms with Crippen LogP contribution in [0.3, 0.4) is 0 Å². The van der Waals surface area contributed by atoms with Crippen LogP contribution in [0.2, 0.25) is 0 Å². The van der Waals surface area contributed by atoms with Crippen molar-refractivity contribution in [1.29, 1.82) is 0 Å². The van der Waals surface area contributed by atoms with Gasteiger partial charge in [0.15, 0.2) is 0 Å². The van der Waals surface area contributed by atoms with E-state index in [9.17, 15) is 5.11 Å². The lowest BCUT2D eigenvalue weighted by molar-refractivity contribution is 0.242. The van der Waals surface area contributed by atoms with E-state index in [0.717, 1.165) is 33.9 Å². The molecule has 0 aliphatic rings. The molecule has 2 aromatic heterocycles. The Balaban J connectivity index is 2.05. The van der Waals surface area contributed by atoms with Crippen LogP contribution in [0.4, 0.5) is 0 Å². The largest absolute Gasteiger partial charge is 0.491 e. The number of aliphatic hydroxyl groups is 1. The highest BCUT2D eigenvalue weighted by Gasteiger charge is 2.13. The molecule has 0 saturated heterocycles. The van der Waals surface area contributed by atoms with Gasteiger partial charge in [-0.2, -0.15) is 0 Å². The Hall–Kier alpha value is -2.33. The Labute approximate surface area is 130 Å². The number of hydrogen-bond donors (Lipinski definition) is 1. The Morgan fingerprint density at radius 2 is 1.86 bits per heavy atom. The summed E-state index contributed by atoms with van der Waals surface area (Å²) in [5.74, 6) is 0.837. The standard InChI is InChI=1S/C18H20N2O2/c1-12(2)22-15-7-5-14(6-8-15)18-16(11-21)20-10-13(3)4-9-17(20)19-18/h4-10,12,21H,11H2,1-3H3. The average molecular weight is 296 g/mol. The second-order valence-corrected chi connectivity index (χ2v) is 5.69. The Kier molecular flexibility index (Phi) is 3.86. The molecule has 0 atom stereocenters.